The van der Waals surface area contributed by atoms with Gasteiger partial charge in [0, 0.05) is 11.3 Å². The quantitative estimate of drug-likeness (QED) is 0.766. The number of hydrogen-bond acceptors (Lipinski definition) is 6. The van der Waals surface area contributed by atoms with E-state index in [2.05, 4.69) is 5.32 Å². The second-order valence-electron chi connectivity index (χ2n) is 7.70. The third kappa shape index (κ3) is 4.07. The number of rotatable bonds is 5. The summed E-state index contributed by atoms with van der Waals surface area (Å²) in [5.41, 5.74) is 2.26. The summed E-state index contributed by atoms with van der Waals surface area (Å²) >= 11 is 1.25. The van der Waals surface area contributed by atoms with Crippen LogP contribution in [0.4, 0.5) is 11.4 Å². The van der Waals surface area contributed by atoms with Crippen LogP contribution in [0.1, 0.15) is 26.3 Å². The van der Waals surface area contributed by atoms with Gasteiger partial charge >= 0.3 is 0 Å². The van der Waals surface area contributed by atoms with Crippen molar-refractivity contribution >= 4 is 46.0 Å². The Morgan fingerprint density at radius 2 is 1.84 bits per heavy atom. The van der Waals surface area contributed by atoms with Crippen molar-refractivity contribution in [3.05, 3.63) is 54.1 Å². The molecule has 2 aliphatic heterocycles. The van der Waals surface area contributed by atoms with Crippen molar-refractivity contribution in [3.63, 3.8) is 0 Å². The SMILES string of the molecule is COc1ccc(NC(=O)C(C)SC2=Nc3ccccc3C3=NC(C(C)C)C(=O)N23)cc1. The van der Waals surface area contributed by atoms with Gasteiger partial charge in [0.1, 0.15) is 17.6 Å². The molecular weight excluding hydrogens is 412 g/mol. The van der Waals surface area contributed by atoms with Gasteiger partial charge in [-0.25, -0.2) is 9.89 Å². The molecule has 0 saturated heterocycles. The molecule has 0 fully saturated rings. The summed E-state index contributed by atoms with van der Waals surface area (Å²) in [5, 5.41) is 2.90. The molecule has 2 aromatic rings. The zero-order valence-corrected chi connectivity index (χ0v) is 18.6. The molecule has 2 heterocycles. The van der Waals surface area contributed by atoms with Crippen LogP contribution in [0.25, 0.3) is 0 Å². The third-order valence-corrected chi connectivity index (χ3v) is 6.19. The summed E-state index contributed by atoms with van der Waals surface area (Å²) in [5.74, 6) is 1.12. The maximum absolute atomic E-state index is 13.1. The first-order valence-electron chi connectivity index (χ1n) is 10.1. The lowest BCUT2D eigenvalue weighted by Gasteiger charge is -2.27. The van der Waals surface area contributed by atoms with Crippen molar-refractivity contribution in [1.29, 1.82) is 0 Å². The standard InChI is InChI=1S/C23H24N4O3S/c1-13(2)19-22(29)27-20(26-19)17-7-5-6-8-18(17)25-23(27)31-14(3)21(28)24-15-9-11-16(30-4)12-10-15/h5-14,19H,1-4H3,(H,24,28). The fourth-order valence-electron chi connectivity index (χ4n) is 3.41. The number of amides is 2. The van der Waals surface area contributed by atoms with Crippen LogP contribution in [-0.2, 0) is 9.59 Å². The van der Waals surface area contributed by atoms with Crippen LogP contribution in [-0.4, -0.2) is 46.1 Å². The van der Waals surface area contributed by atoms with Crippen LogP contribution >= 0.6 is 11.8 Å². The molecule has 160 valence electrons. The van der Waals surface area contributed by atoms with E-state index in [-0.39, 0.29) is 17.7 Å². The van der Waals surface area contributed by atoms with Crippen LogP contribution in [0.3, 0.4) is 0 Å². The zero-order valence-electron chi connectivity index (χ0n) is 17.8. The van der Waals surface area contributed by atoms with Crippen molar-refractivity contribution in [2.24, 2.45) is 15.9 Å². The molecule has 0 aromatic heterocycles. The number of nitrogens with zero attached hydrogens (tertiary/aromatic N) is 3. The Labute approximate surface area is 185 Å². The van der Waals surface area contributed by atoms with Gasteiger partial charge in [0.15, 0.2) is 5.17 Å². The highest BCUT2D eigenvalue weighted by Gasteiger charge is 2.43. The Kier molecular flexibility index (Phi) is 5.82. The molecule has 2 unspecified atom stereocenters. The number of amidine groups is 2. The minimum Gasteiger partial charge on any atom is -0.497 e. The summed E-state index contributed by atoms with van der Waals surface area (Å²) < 4.78 is 5.15. The van der Waals surface area contributed by atoms with Gasteiger partial charge < -0.3 is 10.1 Å². The van der Waals surface area contributed by atoms with Gasteiger partial charge in [-0.15, -0.1) is 0 Å². The summed E-state index contributed by atoms with van der Waals surface area (Å²) in [6.07, 6.45) is 0. The molecule has 2 aromatic carbocycles. The van der Waals surface area contributed by atoms with Gasteiger partial charge in [-0.2, -0.15) is 0 Å². The number of fused-ring (bicyclic) bond motifs is 3. The molecule has 0 saturated carbocycles. The second kappa shape index (κ2) is 8.55. The molecule has 2 atom stereocenters. The van der Waals surface area contributed by atoms with Gasteiger partial charge in [-0.05, 0) is 49.2 Å². The molecule has 7 nitrogen and oxygen atoms in total. The summed E-state index contributed by atoms with van der Waals surface area (Å²) in [6.45, 7) is 5.75. The first kappa shape index (κ1) is 21.1. The molecule has 0 spiro atoms. The van der Waals surface area contributed by atoms with E-state index in [1.165, 1.54) is 11.8 Å². The van der Waals surface area contributed by atoms with E-state index >= 15 is 0 Å². The van der Waals surface area contributed by atoms with Gasteiger partial charge in [-0.3, -0.25) is 14.6 Å². The van der Waals surface area contributed by atoms with Crippen LogP contribution in [0.15, 0.2) is 58.5 Å². The molecule has 0 aliphatic carbocycles. The first-order chi connectivity index (χ1) is 14.9. The molecule has 1 N–H and O–H groups in total. The topological polar surface area (TPSA) is 83.4 Å². The average Bonchev–Trinajstić information content (AvgIpc) is 3.12. The number of thioether (sulfide) groups is 1. The highest BCUT2D eigenvalue weighted by molar-refractivity contribution is 8.15. The van der Waals surface area contributed by atoms with E-state index in [4.69, 9.17) is 14.7 Å². The molecule has 31 heavy (non-hydrogen) atoms. The third-order valence-electron chi connectivity index (χ3n) is 5.14. The molecule has 4 rings (SSSR count). The number of aliphatic imine (C=N–C) groups is 2. The number of carbonyl (C=O) groups is 2. The number of hydrogen-bond donors (Lipinski definition) is 1. The van der Waals surface area contributed by atoms with E-state index in [1.54, 1.807) is 43.2 Å². The first-order valence-corrected chi connectivity index (χ1v) is 11.0. The summed E-state index contributed by atoms with van der Waals surface area (Å²) in [7, 11) is 1.59. The molecular formula is C23H24N4O3S. The van der Waals surface area contributed by atoms with E-state index in [9.17, 15) is 9.59 Å². The maximum atomic E-state index is 13.1. The van der Waals surface area contributed by atoms with Crippen molar-refractivity contribution in [2.75, 3.05) is 12.4 Å². The number of methoxy groups -OCH3 is 1. The largest absolute Gasteiger partial charge is 0.497 e. The monoisotopic (exact) mass is 436 g/mol. The van der Waals surface area contributed by atoms with Crippen molar-refractivity contribution in [1.82, 2.24) is 4.90 Å². The number of para-hydroxylation sites is 1. The summed E-state index contributed by atoms with van der Waals surface area (Å²) in [4.78, 5) is 36.9. The molecule has 2 amide bonds. The van der Waals surface area contributed by atoms with Crippen LogP contribution < -0.4 is 10.1 Å². The second-order valence-corrected chi connectivity index (χ2v) is 9.01. The highest BCUT2D eigenvalue weighted by atomic mass is 32.2. The summed E-state index contributed by atoms with van der Waals surface area (Å²) in [6, 6.07) is 14.3. The number of anilines is 1. The van der Waals surface area contributed by atoms with Gasteiger partial charge in [-0.1, -0.05) is 37.7 Å². The Balaban J connectivity index is 1.57. The normalized spacial score (nSPS) is 18.2. The lowest BCUT2D eigenvalue weighted by molar-refractivity contribution is -0.125. The lowest BCUT2D eigenvalue weighted by Crippen LogP contribution is -2.43. The smallest absolute Gasteiger partial charge is 0.259 e. The van der Waals surface area contributed by atoms with Crippen molar-refractivity contribution in [2.45, 2.75) is 32.1 Å². The fourth-order valence-corrected chi connectivity index (χ4v) is 4.33. The number of ether oxygens (including phenoxy) is 1. The maximum Gasteiger partial charge on any atom is 0.259 e. The van der Waals surface area contributed by atoms with Crippen LogP contribution in [0, 0.1) is 5.92 Å². The lowest BCUT2D eigenvalue weighted by atomic mass is 10.1. The van der Waals surface area contributed by atoms with E-state index < -0.39 is 11.3 Å². The predicted octanol–water partition coefficient (Wildman–Crippen LogP) is 4.07. The highest BCUT2D eigenvalue weighted by Crippen LogP contribution is 2.35. The molecule has 8 heteroatoms. The Bertz CT molecular complexity index is 1080. The van der Waals surface area contributed by atoms with Gasteiger partial charge in [0.25, 0.3) is 5.91 Å². The van der Waals surface area contributed by atoms with E-state index in [0.29, 0.717) is 16.7 Å². The van der Waals surface area contributed by atoms with Crippen LogP contribution in [0.2, 0.25) is 0 Å². The molecule has 2 aliphatic rings. The molecule has 0 radical (unpaired) electrons. The van der Waals surface area contributed by atoms with Crippen molar-refractivity contribution < 1.29 is 14.3 Å². The predicted molar refractivity (Wildman–Crippen MR) is 124 cm³/mol. The minimum absolute atomic E-state index is 0.0693. The van der Waals surface area contributed by atoms with Crippen LogP contribution in [0.5, 0.6) is 5.75 Å². The number of nitrogens with one attached hydrogen (secondary N) is 1. The Morgan fingerprint density at radius 1 is 1.13 bits per heavy atom. The Hall–Kier alpha value is -3.13. The van der Waals surface area contributed by atoms with Gasteiger partial charge in [0.05, 0.1) is 18.0 Å². The van der Waals surface area contributed by atoms with Gasteiger partial charge in [0.2, 0.25) is 5.91 Å². The Morgan fingerprint density at radius 3 is 2.52 bits per heavy atom. The van der Waals surface area contributed by atoms with Crippen molar-refractivity contribution in [3.8, 4) is 5.75 Å². The number of benzene rings is 2. The fraction of sp³-hybridized carbons (Fsp3) is 0.304. The average molecular weight is 437 g/mol. The minimum atomic E-state index is -0.474. The zero-order chi connectivity index (χ0) is 22.1. The molecule has 0 bridgehead atoms. The van der Waals surface area contributed by atoms with E-state index in [0.717, 1.165) is 17.0 Å². The van der Waals surface area contributed by atoms with E-state index in [1.807, 2.05) is 38.1 Å². The number of carbonyl (C=O) groups excluding carboxylic acids is 2.